The van der Waals surface area contributed by atoms with Gasteiger partial charge in [-0.2, -0.15) is 0 Å². The van der Waals surface area contributed by atoms with Gasteiger partial charge in [0.15, 0.2) is 0 Å². The van der Waals surface area contributed by atoms with E-state index in [4.69, 9.17) is 26.5 Å². The first-order valence-electron chi connectivity index (χ1n) is 11.3. The number of aliphatic hydroxyl groups is 1. The van der Waals surface area contributed by atoms with Gasteiger partial charge in [-0.3, -0.25) is 14.5 Å². The SMILES string of the molecule is CSc1ccc(-c2ccc(C=C3SC(=S)N(C4CCC(C(=O)OCCCO)CC4)C3=O)o2)cc1. The van der Waals surface area contributed by atoms with Crippen LogP contribution in [-0.4, -0.2) is 51.7 Å². The van der Waals surface area contributed by atoms with Gasteiger partial charge in [0.25, 0.3) is 5.91 Å². The Balaban J connectivity index is 1.37. The van der Waals surface area contributed by atoms with Crippen molar-refractivity contribution >= 4 is 58.0 Å². The lowest BCUT2D eigenvalue weighted by molar-refractivity contribution is -0.150. The fourth-order valence-corrected chi connectivity index (χ4v) is 5.98. The average Bonchev–Trinajstić information content (AvgIpc) is 3.43. The van der Waals surface area contributed by atoms with Crippen LogP contribution in [0.25, 0.3) is 17.4 Å². The summed E-state index contributed by atoms with van der Waals surface area (Å²) in [5, 5.41) is 8.83. The van der Waals surface area contributed by atoms with Crippen LogP contribution >= 0.6 is 35.7 Å². The van der Waals surface area contributed by atoms with E-state index < -0.39 is 0 Å². The van der Waals surface area contributed by atoms with Crippen molar-refractivity contribution in [2.24, 2.45) is 5.92 Å². The molecule has 2 fully saturated rings. The highest BCUT2D eigenvalue weighted by atomic mass is 32.2. The quantitative estimate of drug-likeness (QED) is 0.165. The molecule has 0 radical (unpaired) electrons. The van der Waals surface area contributed by atoms with Gasteiger partial charge in [-0.1, -0.05) is 36.1 Å². The number of furan rings is 1. The highest BCUT2D eigenvalue weighted by molar-refractivity contribution is 8.26. The zero-order valence-corrected chi connectivity index (χ0v) is 21.3. The number of carbonyl (C=O) groups excluding carboxylic acids is 2. The second-order valence-electron chi connectivity index (χ2n) is 8.23. The molecule has 0 atom stereocenters. The molecule has 1 aliphatic carbocycles. The summed E-state index contributed by atoms with van der Waals surface area (Å²) in [4.78, 5) is 28.8. The van der Waals surface area contributed by atoms with E-state index in [0.29, 0.717) is 47.1 Å². The van der Waals surface area contributed by atoms with E-state index in [0.717, 1.165) is 11.3 Å². The molecule has 180 valence electrons. The van der Waals surface area contributed by atoms with Crippen LogP contribution in [0.2, 0.25) is 0 Å². The number of nitrogens with zero attached hydrogens (tertiary/aromatic N) is 1. The standard InChI is InChI=1S/C25H27NO5S3/c1-33-20-10-5-16(6-11-20)21-12-9-19(31-21)15-22-23(28)26(25(32)34-22)18-7-3-17(4-8-18)24(29)30-14-2-13-27/h5-6,9-12,15,17-18,27H,2-4,7-8,13-14H2,1H3. The average molecular weight is 518 g/mol. The Morgan fingerprint density at radius 2 is 1.97 bits per heavy atom. The number of rotatable bonds is 8. The maximum Gasteiger partial charge on any atom is 0.308 e. The van der Waals surface area contributed by atoms with Crippen LogP contribution < -0.4 is 0 Å². The number of hydrogen-bond donors (Lipinski definition) is 1. The number of carbonyl (C=O) groups is 2. The Morgan fingerprint density at radius 3 is 2.65 bits per heavy atom. The van der Waals surface area contributed by atoms with Gasteiger partial charge < -0.3 is 14.3 Å². The summed E-state index contributed by atoms with van der Waals surface area (Å²) < 4.78 is 11.7. The minimum Gasteiger partial charge on any atom is -0.465 e. The third-order valence-electron chi connectivity index (χ3n) is 6.04. The fourth-order valence-electron chi connectivity index (χ4n) is 4.19. The maximum absolute atomic E-state index is 13.1. The van der Waals surface area contributed by atoms with E-state index >= 15 is 0 Å². The summed E-state index contributed by atoms with van der Waals surface area (Å²) in [6.07, 6.45) is 6.98. The van der Waals surface area contributed by atoms with Gasteiger partial charge in [0, 0.05) is 35.6 Å². The van der Waals surface area contributed by atoms with Crippen LogP contribution in [0.5, 0.6) is 0 Å². The zero-order chi connectivity index (χ0) is 24.1. The Kier molecular flexibility index (Phi) is 8.52. The normalized spacial score (nSPS) is 21.9. The number of esters is 1. The number of hydrogen-bond acceptors (Lipinski definition) is 8. The van der Waals surface area contributed by atoms with E-state index in [-0.39, 0.29) is 37.0 Å². The molecule has 4 rings (SSSR count). The minimum atomic E-state index is -0.214. The lowest BCUT2D eigenvalue weighted by Crippen LogP contribution is -2.41. The maximum atomic E-state index is 13.1. The molecule has 0 spiro atoms. The van der Waals surface area contributed by atoms with Crippen molar-refractivity contribution in [2.75, 3.05) is 19.5 Å². The Labute approximate surface area is 213 Å². The summed E-state index contributed by atoms with van der Waals surface area (Å²) >= 11 is 8.51. The first kappa shape index (κ1) is 25.0. The molecule has 2 aromatic rings. The Bertz CT molecular complexity index is 1070. The number of thiocarbonyl (C=S) groups is 1. The van der Waals surface area contributed by atoms with Crippen molar-refractivity contribution in [3.8, 4) is 11.3 Å². The van der Waals surface area contributed by atoms with E-state index in [1.165, 1.54) is 16.7 Å². The Hall–Kier alpha value is -2.07. The molecule has 9 heteroatoms. The van der Waals surface area contributed by atoms with Gasteiger partial charge in [-0.05, 0) is 56.2 Å². The van der Waals surface area contributed by atoms with Crippen molar-refractivity contribution in [3.05, 3.63) is 47.1 Å². The van der Waals surface area contributed by atoms with Crippen molar-refractivity contribution in [1.82, 2.24) is 4.90 Å². The third kappa shape index (κ3) is 5.76. The van der Waals surface area contributed by atoms with Crippen molar-refractivity contribution < 1.29 is 23.8 Å². The minimum absolute atomic E-state index is 0.00661. The molecule has 1 aromatic heterocycles. The molecular formula is C25H27NO5S3. The molecule has 0 bridgehead atoms. The summed E-state index contributed by atoms with van der Waals surface area (Å²) in [5.74, 6) is 0.882. The van der Waals surface area contributed by atoms with E-state index in [2.05, 4.69) is 12.1 Å². The molecule has 1 amide bonds. The smallest absolute Gasteiger partial charge is 0.308 e. The number of ether oxygens (including phenoxy) is 1. The fraction of sp³-hybridized carbons (Fsp3) is 0.400. The molecule has 0 unspecified atom stereocenters. The lowest BCUT2D eigenvalue weighted by atomic mass is 9.85. The lowest BCUT2D eigenvalue weighted by Gasteiger charge is -2.33. The topological polar surface area (TPSA) is 80.0 Å². The Morgan fingerprint density at radius 1 is 1.24 bits per heavy atom. The molecule has 6 nitrogen and oxygen atoms in total. The van der Waals surface area contributed by atoms with Crippen LogP contribution in [0.1, 0.15) is 37.9 Å². The van der Waals surface area contributed by atoms with E-state index in [9.17, 15) is 9.59 Å². The number of amides is 1. The van der Waals surface area contributed by atoms with Crippen LogP contribution in [0.4, 0.5) is 0 Å². The predicted molar refractivity (Wildman–Crippen MR) is 139 cm³/mol. The molecular weight excluding hydrogens is 490 g/mol. The predicted octanol–water partition coefficient (Wildman–Crippen LogP) is 5.35. The summed E-state index contributed by atoms with van der Waals surface area (Å²) in [6.45, 7) is 0.249. The first-order valence-corrected chi connectivity index (χ1v) is 13.7. The monoisotopic (exact) mass is 517 g/mol. The molecule has 2 aliphatic rings. The summed E-state index contributed by atoms with van der Waals surface area (Å²) in [7, 11) is 0. The van der Waals surface area contributed by atoms with Crippen molar-refractivity contribution in [1.29, 1.82) is 0 Å². The van der Waals surface area contributed by atoms with Crippen molar-refractivity contribution in [2.45, 2.75) is 43.0 Å². The van der Waals surface area contributed by atoms with Crippen LogP contribution in [0.15, 0.2) is 50.6 Å². The van der Waals surface area contributed by atoms with Gasteiger partial charge in [-0.15, -0.1) is 11.8 Å². The summed E-state index contributed by atoms with van der Waals surface area (Å²) in [6, 6.07) is 11.9. The van der Waals surface area contributed by atoms with E-state index in [1.54, 1.807) is 22.7 Å². The highest BCUT2D eigenvalue weighted by Gasteiger charge is 2.40. The number of thioether (sulfide) groups is 2. The van der Waals surface area contributed by atoms with Gasteiger partial charge in [0.1, 0.15) is 15.8 Å². The van der Waals surface area contributed by atoms with Crippen LogP contribution in [0, 0.1) is 5.92 Å². The molecule has 34 heavy (non-hydrogen) atoms. The third-order valence-corrected chi connectivity index (χ3v) is 8.11. The zero-order valence-electron chi connectivity index (χ0n) is 18.9. The molecule has 1 saturated heterocycles. The van der Waals surface area contributed by atoms with Gasteiger partial charge in [0.05, 0.1) is 17.4 Å². The van der Waals surface area contributed by atoms with E-state index in [1.807, 2.05) is 30.5 Å². The molecule has 1 aliphatic heterocycles. The van der Waals surface area contributed by atoms with Gasteiger partial charge in [-0.25, -0.2) is 0 Å². The van der Waals surface area contributed by atoms with Crippen LogP contribution in [0.3, 0.4) is 0 Å². The number of benzene rings is 1. The largest absolute Gasteiger partial charge is 0.465 e. The molecule has 1 saturated carbocycles. The van der Waals surface area contributed by atoms with Crippen molar-refractivity contribution in [3.63, 3.8) is 0 Å². The molecule has 1 N–H and O–H groups in total. The van der Waals surface area contributed by atoms with Crippen LogP contribution in [-0.2, 0) is 14.3 Å². The van der Waals surface area contributed by atoms with Gasteiger partial charge in [0.2, 0.25) is 0 Å². The first-order chi connectivity index (χ1) is 16.5. The number of aliphatic hydroxyl groups excluding tert-OH is 1. The van der Waals surface area contributed by atoms with Gasteiger partial charge >= 0.3 is 5.97 Å². The molecule has 2 heterocycles. The summed E-state index contributed by atoms with van der Waals surface area (Å²) in [5.41, 5.74) is 0.983. The molecule has 1 aromatic carbocycles. The second-order valence-corrected chi connectivity index (χ2v) is 10.8. The highest BCUT2D eigenvalue weighted by Crippen LogP contribution is 2.39. The second kappa shape index (κ2) is 11.6.